The van der Waals surface area contributed by atoms with Crippen molar-refractivity contribution in [3.05, 3.63) is 17.7 Å². The van der Waals surface area contributed by atoms with Gasteiger partial charge < -0.3 is 29.6 Å². The van der Waals surface area contributed by atoms with Crippen molar-refractivity contribution in [1.82, 2.24) is 10.6 Å². The SMILES string of the molecule is CCOc1c(OC)cc(CNC(=O)NCCOC)cc1OC. The quantitative estimate of drug-likeness (QED) is 0.676. The molecule has 7 heteroatoms. The lowest BCUT2D eigenvalue weighted by Gasteiger charge is -2.15. The van der Waals surface area contributed by atoms with E-state index in [2.05, 4.69) is 10.6 Å². The second kappa shape index (κ2) is 9.73. The number of carbonyl (C=O) groups is 1. The van der Waals surface area contributed by atoms with E-state index in [1.165, 1.54) is 0 Å². The Labute approximate surface area is 130 Å². The van der Waals surface area contributed by atoms with E-state index in [1.54, 1.807) is 21.3 Å². The normalized spacial score (nSPS) is 10.0. The summed E-state index contributed by atoms with van der Waals surface area (Å²) in [6, 6.07) is 3.36. The number of nitrogens with one attached hydrogen (secondary N) is 2. The highest BCUT2D eigenvalue weighted by Crippen LogP contribution is 2.38. The van der Waals surface area contributed by atoms with Gasteiger partial charge in [-0.1, -0.05) is 0 Å². The average molecular weight is 312 g/mol. The number of amides is 2. The first-order chi connectivity index (χ1) is 10.7. The lowest BCUT2D eigenvalue weighted by atomic mass is 10.2. The number of ether oxygens (including phenoxy) is 4. The Bertz CT molecular complexity index is 454. The van der Waals surface area contributed by atoms with Crippen molar-refractivity contribution in [1.29, 1.82) is 0 Å². The molecule has 0 fully saturated rings. The van der Waals surface area contributed by atoms with Crippen LogP contribution in [0, 0.1) is 0 Å². The molecule has 7 nitrogen and oxygen atoms in total. The molecule has 0 saturated heterocycles. The summed E-state index contributed by atoms with van der Waals surface area (Å²) >= 11 is 0. The number of rotatable bonds is 9. The molecule has 1 aromatic carbocycles. The van der Waals surface area contributed by atoms with E-state index in [4.69, 9.17) is 18.9 Å². The number of urea groups is 1. The highest BCUT2D eigenvalue weighted by molar-refractivity contribution is 5.73. The number of hydrogen-bond acceptors (Lipinski definition) is 5. The average Bonchev–Trinajstić information content (AvgIpc) is 2.53. The molecule has 0 aliphatic rings. The zero-order valence-corrected chi connectivity index (χ0v) is 13.5. The van der Waals surface area contributed by atoms with Gasteiger partial charge in [-0.15, -0.1) is 0 Å². The van der Waals surface area contributed by atoms with E-state index >= 15 is 0 Å². The Morgan fingerprint density at radius 1 is 1.09 bits per heavy atom. The second-order valence-corrected chi connectivity index (χ2v) is 4.36. The van der Waals surface area contributed by atoms with Crippen molar-refractivity contribution < 1.29 is 23.7 Å². The minimum atomic E-state index is -0.260. The topological polar surface area (TPSA) is 78.1 Å². The van der Waals surface area contributed by atoms with Crippen molar-refractivity contribution in [2.75, 3.05) is 41.1 Å². The molecule has 0 aliphatic heterocycles. The largest absolute Gasteiger partial charge is 0.493 e. The van der Waals surface area contributed by atoms with Crippen LogP contribution in [0.5, 0.6) is 17.2 Å². The van der Waals surface area contributed by atoms with Crippen molar-refractivity contribution in [3.8, 4) is 17.2 Å². The Hall–Kier alpha value is -2.15. The van der Waals surface area contributed by atoms with E-state index in [1.807, 2.05) is 19.1 Å². The smallest absolute Gasteiger partial charge is 0.315 e. The van der Waals surface area contributed by atoms with Crippen molar-refractivity contribution in [2.24, 2.45) is 0 Å². The molecule has 0 unspecified atom stereocenters. The van der Waals surface area contributed by atoms with Gasteiger partial charge in [0.25, 0.3) is 0 Å². The van der Waals surface area contributed by atoms with Gasteiger partial charge in [-0.3, -0.25) is 0 Å². The molecular formula is C15H24N2O5. The lowest BCUT2D eigenvalue weighted by molar-refractivity contribution is 0.196. The number of methoxy groups -OCH3 is 3. The van der Waals surface area contributed by atoms with Crippen LogP contribution >= 0.6 is 0 Å². The van der Waals surface area contributed by atoms with Gasteiger partial charge in [0.1, 0.15) is 0 Å². The summed E-state index contributed by atoms with van der Waals surface area (Å²) in [5.74, 6) is 1.69. The molecule has 0 aromatic heterocycles. The predicted molar refractivity (Wildman–Crippen MR) is 82.8 cm³/mol. The number of hydrogen-bond donors (Lipinski definition) is 2. The van der Waals surface area contributed by atoms with Crippen LogP contribution in [0.15, 0.2) is 12.1 Å². The standard InChI is InChI=1S/C15H24N2O5/c1-5-22-14-12(20-3)8-11(9-13(14)21-4)10-17-15(18)16-6-7-19-2/h8-9H,5-7,10H2,1-4H3,(H2,16,17,18). The van der Waals surface area contributed by atoms with Gasteiger partial charge >= 0.3 is 6.03 Å². The second-order valence-electron chi connectivity index (χ2n) is 4.36. The van der Waals surface area contributed by atoms with Gasteiger partial charge in [0.2, 0.25) is 5.75 Å². The summed E-state index contributed by atoms with van der Waals surface area (Å²) in [5.41, 5.74) is 0.846. The molecule has 0 atom stereocenters. The molecule has 0 bridgehead atoms. The van der Waals surface area contributed by atoms with E-state index in [0.29, 0.717) is 43.6 Å². The molecule has 2 N–H and O–H groups in total. The zero-order valence-electron chi connectivity index (χ0n) is 13.5. The molecular weight excluding hydrogens is 288 g/mol. The van der Waals surface area contributed by atoms with Gasteiger partial charge in [0.05, 0.1) is 27.4 Å². The van der Waals surface area contributed by atoms with Gasteiger partial charge in [0, 0.05) is 20.2 Å². The summed E-state index contributed by atoms with van der Waals surface area (Å²) in [7, 11) is 4.70. The third-order valence-corrected chi connectivity index (χ3v) is 2.85. The highest BCUT2D eigenvalue weighted by atomic mass is 16.5. The van der Waals surface area contributed by atoms with Crippen LogP contribution in [-0.4, -0.2) is 47.1 Å². The Morgan fingerprint density at radius 2 is 1.73 bits per heavy atom. The lowest BCUT2D eigenvalue weighted by Crippen LogP contribution is -2.36. The predicted octanol–water partition coefficient (Wildman–Crippen LogP) is 1.55. The van der Waals surface area contributed by atoms with E-state index in [9.17, 15) is 4.79 Å². The van der Waals surface area contributed by atoms with Crippen molar-refractivity contribution in [3.63, 3.8) is 0 Å². The Kier molecular flexibility index (Phi) is 7.91. The maximum atomic E-state index is 11.6. The van der Waals surface area contributed by atoms with Crippen LogP contribution in [0.4, 0.5) is 4.79 Å². The molecule has 0 spiro atoms. The number of benzene rings is 1. The van der Waals surface area contributed by atoms with Crippen LogP contribution in [0.2, 0.25) is 0 Å². The van der Waals surface area contributed by atoms with Crippen LogP contribution < -0.4 is 24.8 Å². The molecule has 0 saturated carbocycles. The third kappa shape index (κ3) is 5.33. The van der Waals surface area contributed by atoms with E-state index in [-0.39, 0.29) is 6.03 Å². The fraction of sp³-hybridized carbons (Fsp3) is 0.533. The molecule has 1 rings (SSSR count). The molecule has 124 valence electrons. The van der Waals surface area contributed by atoms with Crippen molar-refractivity contribution in [2.45, 2.75) is 13.5 Å². The minimum Gasteiger partial charge on any atom is -0.493 e. The number of carbonyl (C=O) groups excluding carboxylic acids is 1. The molecule has 0 radical (unpaired) electrons. The van der Waals surface area contributed by atoms with Crippen LogP contribution in [-0.2, 0) is 11.3 Å². The van der Waals surface area contributed by atoms with Crippen LogP contribution in [0.25, 0.3) is 0 Å². The monoisotopic (exact) mass is 312 g/mol. The molecule has 2 amide bonds. The molecule has 0 aliphatic carbocycles. The van der Waals surface area contributed by atoms with E-state index < -0.39 is 0 Å². The first kappa shape index (κ1) is 17.9. The van der Waals surface area contributed by atoms with Gasteiger partial charge in [-0.25, -0.2) is 4.79 Å². The third-order valence-electron chi connectivity index (χ3n) is 2.85. The first-order valence-corrected chi connectivity index (χ1v) is 7.04. The van der Waals surface area contributed by atoms with Crippen molar-refractivity contribution >= 4 is 6.03 Å². The maximum absolute atomic E-state index is 11.6. The van der Waals surface area contributed by atoms with Gasteiger partial charge in [-0.05, 0) is 24.6 Å². The molecule has 0 heterocycles. The fourth-order valence-corrected chi connectivity index (χ4v) is 1.83. The van der Waals surface area contributed by atoms with Gasteiger partial charge in [-0.2, -0.15) is 0 Å². The molecule has 1 aromatic rings. The van der Waals surface area contributed by atoms with Crippen LogP contribution in [0.1, 0.15) is 12.5 Å². The summed E-state index contributed by atoms with van der Waals surface area (Å²) in [6.45, 7) is 3.67. The fourth-order valence-electron chi connectivity index (χ4n) is 1.83. The van der Waals surface area contributed by atoms with Gasteiger partial charge in [0.15, 0.2) is 11.5 Å². The zero-order chi connectivity index (χ0) is 16.4. The molecule has 22 heavy (non-hydrogen) atoms. The van der Waals surface area contributed by atoms with E-state index in [0.717, 1.165) is 5.56 Å². The first-order valence-electron chi connectivity index (χ1n) is 7.04. The summed E-state index contributed by atoms with van der Waals surface area (Å²) in [6.07, 6.45) is 0. The summed E-state index contributed by atoms with van der Waals surface area (Å²) in [5, 5.41) is 5.43. The summed E-state index contributed by atoms with van der Waals surface area (Å²) in [4.78, 5) is 11.6. The maximum Gasteiger partial charge on any atom is 0.315 e. The Morgan fingerprint density at radius 3 is 2.23 bits per heavy atom. The summed E-state index contributed by atoms with van der Waals surface area (Å²) < 4.78 is 21.0. The Balaban J connectivity index is 2.72. The van der Waals surface area contributed by atoms with Crippen LogP contribution in [0.3, 0.4) is 0 Å². The highest BCUT2D eigenvalue weighted by Gasteiger charge is 2.14. The minimum absolute atomic E-state index is 0.260.